The van der Waals surface area contributed by atoms with Gasteiger partial charge in [-0.2, -0.15) is 0 Å². The molecule has 41 heavy (non-hydrogen) atoms. The number of aromatic nitrogens is 2. The number of rotatable bonds is 6. The number of nitrogens with zero attached hydrogens (tertiary/aromatic N) is 5. The molecule has 0 radical (unpaired) electrons. The number of anilines is 1. The molecule has 4 heterocycles. The Morgan fingerprint density at radius 3 is 2.34 bits per heavy atom. The van der Waals surface area contributed by atoms with Gasteiger partial charge in [-0.15, -0.1) is 0 Å². The number of carbonyl (C=O) groups is 1. The number of amides is 1. The molecule has 2 saturated heterocycles. The zero-order valence-corrected chi connectivity index (χ0v) is 24.7. The van der Waals surface area contributed by atoms with E-state index in [1.54, 1.807) is 21.6 Å². The van der Waals surface area contributed by atoms with Crippen molar-refractivity contribution in [1.82, 2.24) is 19.2 Å². The van der Waals surface area contributed by atoms with Crippen molar-refractivity contribution >= 4 is 51.7 Å². The second kappa shape index (κ2) is 11.6. The molecule has 4 aromatic rings. The van der Waals surface area contributed by atoms with Crippen LogP contribution in [0.3, 0.4) is 0 Å². The zero-order chi connectivity index (χ0) is 28.5. The molecule has 7 nitrogen and oxygen atoms in total. The van der Waals surface area contributed by atoms with Gasteiger partial charge in [-0.25, -0.2) is 4.98 Å². The van der Waals surface area contributed by atoms with Crippen molar-refractivity contribution in [2.45, 2.75) is 26.4 Å². The molecular formula is C32H31N5O2S2. The SMILES string of the molecule is Cc1ccc2nc(N3CCN(Cc4ccccc4)CC3)c(C=C3SC(=S)N(C(C)c4ccccc4)C3=O)c(=O)n2c1. The van der Waals surface area contributed by atoms with E-state index in [0.717, 1.165) is 43.9 Å². The molecule has 2 aromatic heterocycles. The molecule has 1 unspecified atom stereocenters. The molecule has 208 valence electrons. The van der Waals surface area contributed by atoms with Crippen LogP contribution in [0.4, 0.5) is 5.82 Å². The summed E-state index contributed by atoms with van der Waals surface area (Å²) >= 11 is 6.89. The highest BCUT2D eigenvalue weighted by Crippen LogP contribution is 2.38. The van der Waals surface area contributed by atoms with Crippen LogP contribution in [-0.2, 0) is 11.3 Å². The second-order valence-corrected chi connectivity index (χ2v) is 12.2. The fourth-order valence-electron chi connectivity index (χ4n) is 5.40. The normalized spacial score (nSPS) is 18.0. The first kappa shape index (κ1) is 27.4. The average molecular weight is 582 g/mol. The quantitative estimate of drug-likeness (QED) is 0.227. The van der Waals surface area contributed by atoms with E-state index < -0.39 is 0 Å². The van der Waals surface area contributed by atoms with E-state index in [2.05, 4.69) is 34.1 Å². The molecule has 2 aromatic carbocycles. The molecule has 2 aliphatic rings. The van der Waals surface area contributed by atoms with Crippen LogP contribution in [-0.4, -0.2) is 55.6 Å². The van der Waals surface area contributed by atoms with Crippen molar-refractivity contribution in [3.63, 3.8) is 0 Å². The third-order valence-corrected chi connectivity index (χ3v) is 9.00. The molecule has 0 saturated carbocycles. The Morgan fingerprint density at radius 2 is 1.63 bits per heavy atom. The van der Waals surface area contributed by atoms with Crippen molar-refractivity contribution in [1.29, 1.82) is 0 Å². The highest BCUT2D eigenvalue weighted by atomic mass is 32.2. The Balaban J connectivity index is 1.33. The minimum absolute atomic E-state index is 0.191. The summed E-state index contributed by atoms with van der Waals surface area (Å²) in [6.07, 6.45) is 3.50. The standard InChI is InChI=1S/C32H31N5O2S2/c1-22-13-14-28-33-29(35-17-15-34(16-18-35)21-24-9-5-3-6-10-24)26(30(38)36(28)20-22)19-27-31(39)37(32(40)41-27)23(2)25-11-7-4-8-12-25/h3-14,19-20,23H,15-18,21H2,1-2H3. The first-order chi connectivity index (χ1) is 19.9. The summed E-state index contributed by atoms with van der Waals surface area (Å²) in [6, 6.07) is 23.9. The van der Waals surface area contributed by atoms with E-state index in [0.29, 0.717) is 26.3 Å². The Bertz CT molecular complexity index is 1700. The van der Waals surface area contributed by atoms with E-state index in [9.17, 15) is 9.59 Å². The van der Waals surface area contributed by atoms with Crippen LogP contribution in [0.2, 0.25) is 0 Å². The first-order valence-corrected chi connectivity index (χ1v) is 15.0. The Labute approximate surface area is 249 Å². The zero-order valence-electron chi connectivity index (χ0n) is 23.1. The van der Waals surface area contributed by atoms with E-state index in [-0.39, 0.29) is 17.5 Å². The maximum atomic E-state index is 13.9. The lowest BCUT2D eigenvalue weighted by Crippen LogP contribution is -2.47. The van der Waals surface area contributed by atoms with Crippen LogP contribution in [0.25, 0.3) is 11.7 Å². The maximum Gasteiger partial charge on any atom is 0.267 e. The molecule has 6 rings (SSSR count). The Morgan fingerprint density at radius 1 is 0.951 bits per heavy atom. The first-order valence-electron chi connectivity index (χ1n) is 13.8. The Kier molecular flexibility index (Phi) is 7.75. The lowest BCUT2D eigenvalue weighted by atomic mass is 10.1. The fourth-order valence-corrected chi connectivity index (χ4v) is 6.80. The van der Waals surface area contributed by atoms with Gasteiger partial charge >= 0.3 is 0 Å². The Hall–Kier alpha value is -3.79. The average Bonchev–Trinajstić information content (AvgIpc) is 3.27. The van der Waals surface area contributed by atoms with Crippen LogP contribution < -0.4 is 10.5 Å². The number of piperazine rings is 1. The van der Waals surface area contributed by atoms with Crippen LogP contribution >= 0.6 is 24.0 Å². The number of hydrogen-bond donors (Lipinski definition) is 0. The largest absolute Gasteiger partial charge is 0.353 e. The van der Waals surface area contributed by atoms with E-state index >= 15 is 0 Å². The topological polar surface area (TPSA) is 61.2 Å². The number of thiocarbonyl (C=S) groups is 1. The molecule has 0 spiro atoms. The van der Waals surface area contributed by atoms with Crippen LogP contribution in [0.5, 0.6) is 0 Å². The summed E-state index contributed by atoms with van der Waals surface area (Å²) in [5, 5.41) is 0. The molecule has 0 aliphatic carbocycles. The van der Waals surface area contributed by atoms with Gasteiger partial charge in [0.1, 0.15) is 15.8 Å². The molecule has 1 atom stereocenters. The highest BCUT2D eigenvalue weighted by molar-refractivity contribution is 8.26. The van der Waals surface area contributed by atoms with Gasteiger partial charge in [-0.3, -0.25) is 23.8 Å². The molecule has 0 N–H and O–H groups in total. The van der Waals surface area contributed by atoms with Crippen LogP contribution in [0.1, 0.15) is 35.2 Å². The predicted octanol–water partition coefficient (Wildman–Crippen LogP) is 5.29. The lowest BCUT2D eigenvalue weighted by Gasteiger charge is -2.36. The second-order valence-electron chi connectivity index (χ2n) is 10.5. The molecule has 9 heteroatoms. The van der Waals surface area contributed by atoms with E-state index in [1.807, 2.05) is 62.4 Å². The number of benzene rings is 2. The fraction of sp³-hybridized carbons (Fsp3) is 0.250. The van der Waals surface area contributed by atoms with Gasteiger partial charge in [-0.1, -0.05) is 90.7 Å². The minimum atomic E-state index is -0.217. The van der Waals surface area contributed by atoms with E-state index in [1.165, 1.54) is 17.3 Å². The lowest BCUT2D eigenvalue weighted by molar-refractivity contribution is -0.123. The number of carbonyl (C=O) groups excluding carboxylic acids is 1. The summed E-state index contributed by atoms with van der Waals surface area (Å²) < 4.78 is 2.06. The smallest absolute Gasteiger partial charge is 0.267 e. The van der Waals surface area contributed by atoms with Gasteiger partial charge in [0.15, 0.2) is 0 Å². The summed E-state index contributed by atoms with van der Waals surface area (Å²) in [5.41, 5.74) is 4.05. The number of pyridine rings is 1. The van der Waals surface area contributed by atoms with Crippen LogP contribution in [0, 0.1) is 6.92 Å². The summed E-state index contributed by atoms with van der Waals surface area (Å²) in [5.74, 6) is 0.420. The van der Waals surface area contributed by atoms with Crippen molar-refractivity contribution in [2.75, 3.05) is 31.1 Å². The number of aryl methyl sites for hydroxylation is 1. The maximum absolute atomic E-state index is 13.9. The number of fused-ring (bicyclic) bond motifs is 1. The molecule has 2 fully saturated rings. The van der Waals surface area contributed by atoms with Crippen molar-refractivity contribution in [3.05, 3.63) is 117 Å². The minimum Gasteiger partial charge on any atom is -0.353 e. The third-order valence-electron chi connectivity index (χ3n) is 7.67. The summed E-state index contributed by atoms with van der Waals surface area (Å²) in [7, 11) is 0. The number of hydrogen-bond acceptors (Lipinski definition) is 7. The van der Waals surface area contributed by atoms with Gasteiger partial charge in [0, 0.05) is 38.9 Å². The van der Waals surface area contributed by atoms with Crippen LogP contribution in [0.15, 0.2) is 88.7 Å². The molecule has 2 aliphatic heterocycles. The van der Waals surface area contributed by atoms with Gasteiger partial charge in [-0.05, 0) is 42.7 Å². The monoisotopic (exact) mass is 581 g/mol. The predicted molar refractivity (Wildman–Crippen MR) is 170 cm³/mol. The highest BCUT2D eigenvalue weighted by Gasteiger charge is 2.36. The van der Waals surface area contributed by atoms with Gasteiger partial charge in [0.05, 0.1) is 16.5 Å². The third kappa shape index (κ3) is 5.57. The van der Waals surface area contributed by atoms with Crippen molar-refractivity contribution in [2.24, 2.45) is 0 Å². The van der Waals surface area contributed by atoms with Gasteiger partial charge in [0.2, 0.25) is 0 Å². The van der Waals surface area contributed by atoms with Gasteiger partial charge < -0.3 is 4.90 Å². The van der Waals surface area contributed by atoms with Gasteiger partial charge in [0.25, 0.3) is 11.5 Å². The van der Waals surface area contributed by atoms with E-state index in [4.69, 9.17) is 17.2 Å². The summed E-state index contributed by atoms with van der Waals surface area (Å²) in [4.78, 5) is 39.2. The van der Waals surface area contributed by atoms with Crippen molar-refractivity contribution < 1.29 is 4.79 Å². The number of thioether (sulfide) groups is 1. The molecule has 0 bridgehead atoms. The van der Waals surface area contributed by atoms with Crippen molar-refractivity contribution in [3.8, 4) is 0 Å². The molecule has 1 amide bonds. The molecular weight excluding hydrogens is 551 g/mol. The summed E-state index contributed by atoms with van der Waals surface area (Å²) in [6.45, 7) is 7.96.